The van der Waals surface area contributed by atoms with Crippen LogP contribution in [0.25, 0.3) is 10.6 Å². The molecule has 0 radical (unpaired) electrons. The fourth-order valence-electron chi connectivity index (χ4n) is 2.17. The summed E-state index contributed by atoms with van der Waals surface area (Å²) in [4.78, 5) is 4.71. The fraction of sp³-hybridized carbons (Fsp3) is 0.400. The van der Waals surface area contributed by atoms with Gasteiger partial charge < -0.3 is 5.11 Å². The molecule has 1 aliphatic rings. The van der Waals surface area contributed by atoms with Gasteiger partial charge in [-0.2, -0.15) is 0 Å². The van der Waals surface area contributed by atoms with Crippen molar-refractivity contribution in [2.75, 3.05) is 6.61 Å². The number of thiazole rings is 1. The molecule has 1 heterocycles. The Labute approximate surface area is 111 Å². The Hall–Kier alpha value is -1.19. The van der Waals surface area contributed by atoms with Crippen LogP contribution in [0.3, 0.4) is 0 Å². The summed E-state index contributed by atoms with van der Waals surface area (Å²) < 4.78 is 0. The molecule has 1 aromatic heterocycles. The van der Waals surface area contributed by atoms with Gasteiger partial charge in [0.1, 0.15) is 5.01 Å². The summed E-state index contributed by atoms with van der Waals surface area (Å²) in [5, 5.41) is 12.6. The van der Waals surface area contributed by atoms with E-state index in [2.05, 4.69) is 37.4 Å². The lowest BCUT2D eigenvalue weighted by molar-refractivity contribution is 0.253. The van der Waals surface area contributed by atoms with Crippen molar-refractivity contribution in [3.8, 4) is 10.6 Å². The number of hydrogen-bond donors (Lipinski definition) is 1. The monoisotopic (exact) mass is 259 g/mol. The van der Waals surface area contributed by atoms with Gasteiger partial charge in [0, 0.05) is 16.4 Å². The van der Waals surface area contributed by atoms with Crippen LogP contribution in [0.1, 0.15) is 29.7 Å². The molecule has 3 heteroatoms. The minimum atomic E-state index is -0.0194. The van der Waals surface area contributed by atoms with Crippen molar-refractivity contribution in [1.29, 1.82) is 0 Å². The smallest absolute Gasteiger partial charge is 0.123 e. The predicted molar refractivity (Wildman–Crippen MR) is 75.0 cm³/mol. The minimum Gasteiger partial charge on any atom is -0.395 e. The Morgan fingerprint density at radius 1 is 1.28 bits per heavy atom. The topological polar surface area (TPSA) is 33.1 Å². The molecule has 2 nitrogen and oxygen atoms in total. The van der Waals surface area contributed by atoms with Crippen LogP contribution in [-0.2, 0) is 5.41 Å². The highest BCUT2D eigenvalue weighted by Gasteiger charge is 2.45. The molecule has 0 amide bonds. The normalized spacial score (nSPS) is 16.8. The third kappa shape index (κ3) is 1.88. The maximum absolute atomic E-state index is 9.43. The van der Waals surface area contributed by atoms with Crippen LogP contribution in [0.15, 0.2) is 23.6 Å². The highest BCUT2D eigenvalue weighted by atomic mass is 32.1. The summed E-state index contributed by atoms with van der Waals surface area (Å²) in [6.07, 6.45) is 2.14. The highest BCUT2D eigenvalue weighted by molar-refractivity contribution is 7.13. The molecular formula is C15H17NOS. The molecule has 0 unspecified atom stereocenters. The van der Waals surface area contributed by atoms with Crippen LogP contribution in [0.2, 0.25) is 0 Å². The average molecular weight is 259 g/mol. The van der Waals surface area contributed by atoms with Gasteiger partial charge in [0.25, 0.3) is 0 Å². The second kappa shape index (κ2) is 4.18. The van der Waals surface area contributed by atoms with Crippen molar-refractivity contribution in [2.24, 2.45) is 0 Å². The van der Waals surface area contributed by atoms with Crippen LogP contribution in [-0.4, -0.2) is 16.7 Å². The molecule has 0 spiro atoms. The van der Waals surface area contributed by atoms with E-state index in [1.807, 2.05) is 0 Å². The fourth-order valence-corrected chi connectivity index (χ4v) is 3.11. The van der Waals surface area contributed by atoms with Gasteiger partial charge in [0.05, 0.1) is 12.3 Å². The molecule has 1 saturated carbocycles. The Bertz CT molecular complexity index is 584. The van der Waals surface area contributed by atoms with Crippen LogP contribution in [0.4, 0.5) is 0 Å². The molecule has 2 aromatic rings. The lowest BCUT2D eigenvalue weighted by Gasteiger charge is -2.06. The van der Waals surface area contributed by atoms with Gasteiger partial charge in [-0.3, -0.25) is 0 Å². The lowest BCUT2D eigenvalue weighted by atomic mass is 10.1. The van der Waals surface area contributed by atoms with Gasteiger partial charge in [0.15, 0.2) is 0 Å². The molecule has 0 aliphatic heterocycles. The second-order valence-corrected chi connectivity index (χ2v) is 6.13. The zero-order valence-corrected chi connectivity index (χ0v) is 11.5. The molecule has 18 heavy (non-hydrogen) atoms. The van der Waals surface area contributed by atoms with E-state index in [1.165, 1.54) is 16.7 Å². The van der Waals surface area contributed by atoms with E-state index in [1.54, 1.807) is 11.3 Å². The number of nitrogens with zero attached hydrogens (tertiary/aromatic N) is 1. The Morgan fingerprint density at radius 3 is 2.67 bits per heavy atom. The van der Waals surface area contributed by atoms with E-state index in [0.29, 0.717) is 0 Å². The van der Waals surface area contributed by atoms with Crippen LogP contribution >= 0.6 is 11.3 Å². The molecule has 1 aliphatic carbocycles. The van der Waals surface area contributed by atoms with Crippen molar-refractivity contribution in [1.82, 2.24) is 4.98 Å². The van der Waals surface area contributed by atoms with Gasteiger partial charge in [-0.05, 0) is 43.9 Å². The van der Waals surface area contributed by atoms with Crippen LogP contribution in [0.5, 0.6) is 0 Å². The van der Waals surface area contributed by atoms with Crippen molar-refractivity contribution in [2.45, 2.75) is 32.1 Å². The van der Waals surface area contributed by atoms with E-state index in [4.69, 9.17) is 4.98 Å². The zero-order chi connectivity index (χ0) is 12.8. The molecular weight excluding hydrogens is 242 g/mol. The van der Waals surface area contributed by atoms with Crippen molar-refractivity contribution in [3.05, 3.63) is 40.4 Å². The molecule has 0 saturated heterocycles. The van der Waals surface area contributed by atoms with Gasteiger partial charge in [0.2, 0.25) is 0 Å². The van der Waals surface area contributed by atoms with E-state index in [-0.39, 0.29) is 12.0 Å². The number of aliphatic hydroxyl groups is 1. The summed E-state index contributed by atoms with van der Waals surface area (Å²) in [6, 6.07) is 6.46. The first-order valence-electron chi connectivity index (χ1n) is 6.29. The van der Waals surface area contributed by atoms with Crippen molar-refractivity contribution < 1.29 is 5.11 Å². The van der Waals surface area contributed by atoms with Crippen molar-refractivity contribution >= 4 is 11.3 Å². The van der Waals surface area contributed by atoms with Crippen molar-refractivity contribution in [3.63, 3.8) is 0 Å². The van der Waals surface area contributed by atoms with Gasteiger partial charge in [-0.1, -0.05) is 12.1 Å². The summed E-state index contributed by atoms with van der Waals surface area (Å²) in [5.74, 6) is 0. The first-order chi connectivity index (χ1) is 8.64. The van der Waals surface area contributed by atoms with E-state index < -0.39 is 0 Å². The maximum atomic E-state index is 9.43. The lowest BCUT2D eigenvalue weighted by Crippen LogP contribution is -2.11. The third-order valence-corrected chi connectivity index (χ3v) is 4.85. The SMILES string of the molecule is Cc1ccc(-c2nc(C3(CO)CC3)cs2)cc1C. The third-order valence-electron chi connectivity index (χ3n) is 3.96. The number of rotatable bonds is 3. The summed E-state index contributed by atoms with van der Waals surface area (Å²) in [6.45, 7) is 4.48. The first-order valence-corrected chi connectivity index (χ1v) is 7.17. The predicted octanol–water partition coefficient (Wildman–Crippen LogP) is 3.45. The Kier molecular flexibility index (Phi) is 2.76. The highest BCUT2D eigenvalue weighted by Crippen LogP contribution is 2.48. The Balaban J connectivity index is 1.95. The Morgan fingerprint density at radius 2 is 2.06 bits per heavy atom. The number of hydrogen-bond acceptors (Lipinski definition) is 3. The number of aryl methyl sites for hydroxylation is 2. The van der Waals surface area contributed by atoms with Gasteiger partial charge in [-0.25, -0.2) is 4.98 Å². The number of aliphatic hydroxyl groups excluding tert-OH is 1. The van der Waals surface area contributed by atoms with Gasteiger partial charge in [-0.15, -0.1) is 11.3 Å². The molecule has 3 rings (SSSR count). The molecule has 1 fully saturated rings. The van der Waals surface area contributed by atoms with E-state index >= 15 is 0 Å². The van der Waals surface area contributed by atoms with E-state index in [0.717, 1.165) is 23.5 Å². The number of benzene rings is 1. The molecule has 0 atom stereocenters. The first kappa shape index (κ1) is 11.9. The largest absolute Gasteiger partial charge is 0.395 e. The maximum Gasteiger partial charge on any atom is 0.123 e. The van der Waals surface area contributed by atoms with E-state index in [9.17, 15) is 5.11 Å². The summed E-state index contributed by atoms with van der Waals surface area (Å²) in [5.41, 5.74) is 4.84. The molecule has 94 valence electrons. The summed E-state index contributed by atoms with van der Waals surface area (Å²) >= 11 is 1.68. The quantitative estimate of drug-likeness (QED) is 0.915. The van der Waals surface area contributed by atoms with Gasteiger partial charge >= 0.3 is 0 Å². The minimum absolute atomic E-state index is 0.0194. The summed E-state index contributed by atoms with van der Waals surface area (Å²) in [7, 11) is 0. The standard InChI is InChI=1S/C15H17NOS/c1-10-3-4-12(7-11(10)2)14-16-13(8-18-14)15(9-17)5-6-15/h3-4,7-8,17H,5-6,9H2,1-2H3. The molecule has 1 aromatic carbocycles. The number of aromatic nitrogens is 1. The zero-order valence-electron chi connectivity index (χ0n) is 10.7. The van der Waals surface area contributed by atoms with Crippen LogP contribution < -0.4 is 0 Å². The molecule has 1 N–H and O–H groups in total. The van der Waals surface area contributed by atoms with Crippen LogP contribution in [0, 0.1) is 13.8 Å². The second-order valence-electron chi connectivity index (χ2n) is 5.28. The average Bonchev–Trinajstić information content (AvgIpc) is 3.02. The molecule has 0 bridgehead atoms.